The highest BCUT2D eigenvalue weighted by Crippen LogP contribution is 1.99. The molecule has 0 aromatic heterocycles. The minimum atomic E-state index is -1.15. The van der Waals surface area contributed by atoms with Crippen molar-refractivity contribution in [3.05, 3.63) is 0 Å². The number of carboxylic acids is 1. The first-order valence-electron chi connectivity index (χ1n) is 4.04. The largest absolute Gasteiger partial charge is 0.480 e. The molecule has 0 unspecified atom stereocenters. The Bertz CT molecular complexity index is 256. The molecule has 0 rings (SSSR count). The molecule has 0 bridgehead atoms. The van der Waals surface area contributed by atoms with Crippen molar-refractivity contribution >= 4 is 11.9 Å². The van der Waals surface area contributed by atoms with Gasteiger partial charge in [-0.25, -0.2) is 4.79 Å². The Kier molecular flexibility index (Phi) is 5.34. The van der Waals surface area contributed by atoms with Crippen LogP contribution in [0.4, 0.5) is 0 Å². The second kappa shape index (κ2) is 6.00. The van der Waals surface area contributed by atoms with Crippen LogP contribution in [-0.4, -0.2) is 35.7 Å². The van der Waals surface area contributed by atoms with Crippen molar-refractivity contribution in [1.29, 1.82) is 0 Å². The van der Waals surface area contributed by atoms with E-state index in [0.29, 0.717) is 0 Å². The molecule has 0 spiro atoms. The second-order valence-corrected chi connectivity index (χ2v) is 2.74. The Hall–Kier alpha value is -1.54. The van der Waals surface area contributed by atoms with E-state index in [9.17, 15) is 9.59 Å². The van der Waals surface area contributed by atoms with E-state index in [-0.39, 0.29) is 6.61 Å². The van der Waals surface area contributed by atoms with Gasteiger partial charge in [-0.15, -0.1) is 6.42 Å². The second-order valence-electron chi connectivity index (χ2n) is 2.74. The third-order valence-corrected chi connectivity index (χ3v) is 1.52. The predicted octanol–water partition coefficient (Wildman–Crippen LogP) is -0.386. The van der Waals surface area contributed by atoms with Gasteiger partial charge in [0.1, 0.15) is 6.61 Å². The molecule has 0 heterocycles. The molecule has 0 aromatic rings. The Morgan fingerprint density at radius 3 is 2.57 bits per heavy atom. The van der Waals surface area contributed by atoms with Gasteiger partial charge in [0.05, 0.1) is 6.10 Å². The highest BCUT2D eigenvalue weighted by Gasteiger charge is 2.25. The van der Waals surface area contributed by atoms with Crippen molar-refractivity contribution in [2.24, 2.45) is 0 Å². The van der Waals surface area contributed by atoms with Crippen LogP contribution in [0, 0.1) is 12.3 Å². The van der Waals surface area contributed by atoms with Crippen LogP contribution in [0.15, 0.2) is 0 Å². The zero-order chi connectivity index (χ0) is 11.1. The van der Waals surface area contributed by atoms with Crippen LogP contribution in [0.3, 0.4) is 0 Å². The number of hydrogen-bond donors (Lipinski definition) is 2. The first kappa shape index (κ1) is 12.5. The summed E-state index contributed by atoms with van der Waals surface area (Å²) in [5.41, 5.74) is 0. The molecule has 0 aliphatic heterocycles. The van der Waals surface area contributed by atoms with Gasteiger partial charge in [0, 0.05) is 6.92 Å². The topological polar surface area (TPSA) is 75.6 Å². The summed E-state index contributed by atoms with van der Waals surface area (Å²) in [7, 11) is 0. The number of carbonyl (C=O) groups excluding carboxylic acids is 1. The van der Waals surface area contributed by atoms with Gasteiger partial charge in [-0.05, 0) is 6.92 Å². The quantitative estimate of drug-likeness (QED) is 0.591. The molecule has 0 aliphatic rings. The molecule has 0 aromatic carbocycles. The molecule has 5 nitrogen and oxygen atoms in total. The van der Waals surface area contributed by atoms with E-state index < -0.39 is 24.0 Å². The highest BCUT2D eigenvalue weighted by molar-refractivity contribution is 5.82. The van der Waals surface area contributed by atoms with Crippen LogP contribution in [0.25, 0.3) is 0 Å². The molecule has 0 aliphatic carbocycles. The van der Waals surface area contributed by atoms with Crippen LogP contribution in [0.2, 0.25) is 0 Å². The van der Waals surface area contributed by atoms with Crippen molar-refractivity contribution < 1.29 is 19.4 Å². The normalized spacial score (nSPS) is 13.8. The van der Waals surface area contributed by atoms with Crippen LogP contribution < -0.4 is 5.32 Å². The molecule has 2 N–H and O–H groups in total. The zero-order valence-corrected chi connectivity index (χ0v) is 8.11. The fourth-order valence-corrected chi connectivity index (χ4v) is 0.875. The molecule has 0 saturated carbocycles. The van der Waals surface area contributed by atoms with E-state index in [1.807, 2.05) is 0 Å². The van der Waals surface area contributed by atoms with Gasteiger partial charge in [-0.2, -0.15) is 0 Å². The number of carboxylic acid groups (broad SMARTS) is 1. The minimum Gasteiger partial charge on any atom is -0.480 e. The number of ether oxygens (including phenoxy) is 1. The first-order chi connectivity index (χ1) is 6.49. The van der Waals surface area contributed by atoms with Crippen LogP contribution in [-0.2, 0) is 14.3 Å². The van der Waals surface area contributed by atoms with Gasteiger partial charge in [0.25, 0.3) is 0 Å². The lowest BCUT2D eigenvalue weighted by atomic mass is 10.2. The van der Waals surface area contributed by atoms with Gasteiger partial charge >= 0.3 is 5.97 Å². The lowest BCUT2D eigenvalue weighted by Crippen LogP contribution is -2.47. The predicted molar refractivity (Wildman–Crippen MR) is 49.5 cm³/mol. The van der Waals surface area contributed by atoms with Gasteiger partial charge in [-0.3, -0.25) is 4.79 Å². The summed E-state index contributed by atoms with van der Waals surface area (Å²) in [5.74, 6) is 0.647. The van der Waals surface area contributed by atoms with Crippen molar-refractivity contribution in [3.8, 4) is 12.3 Å². The lowest BCUT2D eigenvalue weighted by molar-refractivity contribution is -0.145. The summed E-state index contributed by atoms with van der Waals surface area (Å²) < 4.78 is 4.98. The van der Waals surface area contributed by atoms with E-state index >= 15 is 0 Å². The Morgan fingerprint density at radius 2 is 2.21 bits per heavy atom. The summed E-state index contributed by atoms with van der Waals surface area (Å²) in [6.07, 6.45) is 4.28. The van der Waals surface area contributed by atoms with E-state index in [2.05, 4.69) is 11.2 Å². The third-order valence-electron chi connectivity index (χ3n) is 1.52. The van der Waals surface area contributed by atoms with Crippen LogP contribution in [0.1, 0.15) is 13.8 Å². The van der Waals surface area contributed by atoms with E-state index in [4.69, 9.17) is 16.3 Å². The summed E-state index contributed by atoms with van der Waals surface area (Å²) in [4.78, 5) is 21.4. The molecule has 78 valence electrons. The fourth-order valence-electron chi connectivity index (χ4n) is 0.875. The van der Waals surface area contributed by atoms with E-state index in [0.717, 1.165) is 0 Å². The SMILES string of the molecule is C#CCO[C@H](C)[C@H](NC(C)=O)C(=O)O. The van der Waals surface area contributed by atoms with E-state index in [1.54, 1.807) is 0 Å². The molecule has 0 fully saturated rings. The number of nitrogens with one attached hydrogen (secondary N) is 1. The number of amides is 1. The van der Waals surface area contributed by atoms with Gasteiger partial charge in [-0.1, -0.05) is 5.92 Å². The maximum atomic E-state index is 10.7. The molecular formula is C9H13NO4. The highest BCUT2D eigenvalue weighted by atomic mass is 16.5. The number of aliphatic carboxylic acids is 1. The monoisotopic (exact) mass is 199 g/mol. The molecule has 0 radical (unpaired) electrons. The third kappa shape index (κ3) is 4.48. The fraction of sp³-hybridized carbons (Fsp3) is 0.556. The Balaban J connectivity index is 4.27. The number of terminal acetylenes is 1. The molecule has 5 heteroatoms. The number of carbonyl (C=O) groups is 2. The van der Waals surface area contributed by atoms with Crippen molar-refractivity contribution in [2.45, 2.75) is 26.0 Å². The first-order valence-corrected chi connectivity index (χ1v) is 4.04. The zero-order valence-electron chi connectivity index (χ0n) is 8.11. The average molecular weight is 199 g/mol. The number of hydrogen-bond acceptors (Lipinski definition) is 3. The van der Waals surface area contributed by atoms with Gasteiger partial charge < -0.3 is 15.2 Å². The summed E-state index contributed by atoms with van der Waals surface area (Å²) in [6.45, 7) is 2.79. The van der Waals surface area contributed by atoms with Crippen LogP contribution in [0.5, 0.6) is 0 Å². The smallest absolute Gasteiger partial charge is 0.328 e. The molecule has 1 amide bonds. The minimum absolute atomic E-state index is 0.0184. The molecule has 0 saturated heterocycles. The average Bonchev–Trinajstić information content (AvgIpc) is 2.09. The van der Waals surface area contributed by atoms with Crippen LogP contribution >= 0.6 is 0 Å². The summed E-state index contributed by atoms with van der Waals surface area (Å²) in [5, 5.41) is 11.0. The van der Waals surface area contributed by atoms with Crippen molar-refractivity contribution in [2.75, 3.05) is 6.61 Å². The van der Waals surface area contributed by atoms with Gasteiger partial charge in [0.15, 0.2) is 6.04 Å². The Labute approximate surface area is 82.4 Å². The maximum Gasteiger partial charge on any atom is 0.328 e. The van der Waals surface area contributed by atoms with Gasteiger partial charge in [0.2, 0.25) is 5.91 Å². The summed E-state index contributed by atoms with van der Waals surface area (Å²) in [6, 6.07) is -1.07. The van der Waals surface area contributed by atoms with Crippen molar-refractivity contribution in [3.63, 3.8) is 0 Å². The molecular weight excluding hydrogens is 186 g/mol. The van der Waals surface area contributed by atoms with Crippen molar-refractivity contribution in [1.82, 2.24) is 5.32 Å². The standard InChI is InChI=1S/C9H13NO4/c1-4-5-14-6(2)8(9(12)13)10-7(3)11/h1,6,8H,5H2,2-3H3,(H,10,11)(H,12,13)/t6-,8+/m1/s1. The summed E-state index contributed by atoms with van der Waals surface area (Å²) >= 11 is 0. The lowest BCUT2D eigenvalue weighted by Gasteiger charge is -2.19. The van der Waals surface area contributed by atoms with E-state index in [1.165, 1.54) is 13.8 Å². The Morgan fingerprint density at radius 1 is 1.64 bits per heavy atom. The maximum absolute atomic E-state index is 10.7. The molecule has 2 atom stereocenters. The number of rotatable bonds is 5. The molecule has 14 heavy (non-hydrogen) atoms.